The topological polar surface area (TPSA) is 76.2 Å². The van der Waals surface area contributed by atoms with E-state index in [2.05, 4.69) is 4.98 Å². The van der Waals surface area contributed by atoms with E-state index in [-0.39, 0.29) is 10.6 Å². The number of aromatic carboxylic acids is 1. The Labute approximate surface area is 94.3 Å². The smallest absolute Gasteiger partial charge is 0.348 e. The highest BCUT2D eigenvalue weighted by atomic mass is 35.5. The first-order valence-electron chi connectivity index (χ1n) is 4.08. The van der Waals surface area contributed by atoms with Crippen LogP contribution in [0.4, 0.5) is 5.69 Å². The summed E-state index contributed by atoms with van der Waals surface area (Å²) < 4.78 is 0.742. The summed E-state index contributed by atoms with van der Waals surface area (Å²) >= 11 is 6.95. The number of aryl methyl sites for hydroxylation is 1. The highest BCUT2D eigenvalue weighted by Gasteiger charge is 2.18. The zero-order valence-corrected chi connectivity index (χ0v) is 9.32. The van der Waals surface area contributed by atoms with E-state index in [9.17, 15) is 4.79 Å². The van der Waals surface area contributed by atoms with Crippen molar-refractivity contribution in [2.24, 2.45) is 0 Å². The van der Waals surface area contributed by atoms with Gasteiger partial charge in [0.05, 0.1) is 10.4 Å². The summed E-state index contributed by atoms with van der Waals surface area (Å²) in [5, 5.41) is 9.95. The average Bonchev–Trinajstić information content (AvgIpc) is 2.50. The molecule has 0 bridgehead atoms. The van der Waals surface area contributed by atoms with Crippen molar-refractivity contribution in [3.63, 3.8) is 0 Å². The van der Waals surface area contributed by atoms with Crippen LogP contribution in [0.2, 0.25) is 5.15 Å². The quantitative estimate of drug-likeness (QED) is 0.754. The molecule has 2 aromatic rings. The number of nitrogens with zero attached hydrogens (tertiary/aromatic N) is 1. The third kappa shape index (κ3) is 1.44. The number of halogens is 1. The van der Waals surface area contributed by atoms with Crippen LogP contribution in [0.3, 0.4) is 0 Å². The number of carboxylic acid groups (broad SMARTS) is 1. The Morgan fingerprint density at radius 3 is 2.93 bits per heavy atom. The second-order valence-corrected chi connectivity index (χ2v) is 4.47. The molecule has 0 aliphatic heterocycles. The SMILES string of the molecule is Cc1c(Cl)ncc2sc(C(=O)O)c(N)c12. The number of hydrogen-bond acceptors (Lipinski definition) is 4. The summed E-state index contributed by atoms with van der Waals surface area (Å²) in [6.45, 7) is 1.77. The Morgan fingerprint density at radius 1 is 1.67 bits per heavy atom. The molecule has 78 valence electrons. The molecule has 0 aliphatic carbocycles. The van der Waals surface area contributed by atoms with Crippen LogP contribution in [-0.4, -0.2) is 16.1 Å². The summed E-state index contributed by atoms with van der Waals surface area (Å²) in [5.41, 5.74) is 6.74. The predicted molar refractivity (Wildman–Crippen MR) is 60.7 cm³/mol. The minimum Gasteiger partial charge on any atom is -0.477 e. The zero-order valence-electron chi connectivity index (χ0n) is 7.74. The summed E-state index contributed by atoms with van der Waals surface area (Å²) in [5.74, 6) is -1.02. The Balaban J connectivity index is 2.89. The lowest BCUT2D eigenvalue weighted by molar-refractivity contribution is 0.0703. The number of rotatable bonds is 1. The van der Waals surface area contributed by atoms with Crippen LogP contribution in [0.15, 0.2) is 6.20 Å². The number of nitrogen functional groups attached to an aromatic ring is 1. The van der Waals surface area contributed by atoms with Gasteiger partial charge < -0.3 is 10.8 Å². The molecular formula is C9H7ClN2O2S. The van der Waals surface area contributed by atoms with Crippen LogP contribution in [0.5, 0.6) is 0 Å². The number of anilines is 1. The molecule has 0 fully saturated rings. The number of aromatic nitrogens is 1. The molecule has 0 spiro atoms. The van der Waals surface area contributed by atoms with Crippen molar-refractivity contribution >= 4 is 44.7 Å². The molecule has 0 saturated carbocycles. The normalized spacial score (nSPS) is 10.8. The Kier molecular flexibility index (Phi) is 2.28. The predicted octanol–water partition coefficient (Wildman–Crippen LogP) is 2.54. The van der Waals surface area contributed by atoms with E-state index >= 15 is 0 Å². The van der Waals surface area contributed by atoms with E-state index in [1.807, 2.05) is 0 Å². The van der Waals surface area contributed by atoms with Crippen molar-refractivity contribution in [2.45, 2.75) is 6.92 Å². The summed E-state index contributed by atoms with van der Waals surface area (Å²) in [6, 6.07) is 0. The molecule has 0 radical (unpaired) electrons. The van der Waals surface area contributed by atoms with Gasteiger partial charge in [0.2, 0.25) is 0 Å². The van der Waals surface area contributed by atoms with E-state index in [4.69, 9.17) is 22.4 Å². The molecule has 4 nitrogen and oxygen atoms in total. The van der Waals surface area contributed by atoms with Gasteiger partial charge in [-0.15, -0.1) is 11.3 Å². The van der Waals surface area contributed by atoms with Crippen molar-refractivity contribution in [1.29, 1.82) is 0 Å². The van der Waals surface area contributed by atoms with Gasteiger partial charge >= 0.3 is 5.97 Å². The van der Waals surface area contributed by atoms with Gasteiger partial charge in [0.1, 0.15) is 10.0 Å². The van der Waals surface area contributed by atoms with Crippen LogP contribution in [0, 0.1) is 6.92 Å². The first-order chi connectivity index (χ1) is 7.02. The van der Waals surface area contributed by atoms with Gasteiger partial charge in [-0.1, -0.05) is 11.6 Å². The average molecular weight is 243 g/mol. The molecule has 0 unspecified atom stereocenters. The molecule has 2 heterocycles. The van der Waals surface area contributed by atoms with E-state index < -0.39 is 5.97 Å². The van der Waals surface area contributed by atoms with Crippen LogP contribution in [-0.2, 0) is 0 Å². The maximum atomic E-state index is 10.9. The highest BCUT2D eigenvalue weighted by Crippen LogP contribution is 2.37. The van der Waals surface area contributed by atoms with Gasteiger partial charge in [0, 0.05) is 11.6 Å². The van der Waals surface area contributed by atoms with Gasteiger partial charge in [-0.3, -0.25) is 0 Å². The van der Waals surface area contributed by atoms with Crippen LogP contribution in [0.1, 0.15) is 15.2 Å². The molecule has 0 aliphatic rings. The number of nitrogens with two attached hydrogens (primary N) is 1. The summed E-state index contributed by atoms with van der Waals surface area (Å²) in [7, 11) is 0. The van der Waals surface area contributed by atoms with Crippen molar-refractivity contribution in [1.82, 2.24) is 4.98 Å². The van der Waals surface area contributed by atoms with E-state index in [1.54, 1.807) is 6.92 Å². The molecule has 0 aromatic carbocycles. The number of pyridine rings is 1. The van der Waals surface area contributed by atoms with Gasteiger partial charge in [-0.2, -0.15) is 0 Å². The molecule has 0 saturated heterocycles. The monoisotopic (exact) mass is 242 g/mol. The summed E-state index contributed by atoms with van der Waals surface area (Å²) in [6.07, 6.45) is 1.54. The summed E-state index contributed by atoms with van der Waals surface area (Å²) in [4.78, 5) is 14.9. The zero-order chi connectivity index (χ0) is 11.2. The second kappa shape index (κ2) is 3.36. The van der Waals surface area contributed by atoms with Crippen molar-refractivity contribution < 1.29 is 9.90 Å². The highest BCUT2D eigenvalue weighted by molar-refractivity contribution is 7.21. The lowest BCUT2D eigenvalue weighted by atomic mass is 10.2. The van der Waals surface area contributed by atoms with Crippen LogP contribution < -0.4 is 5.73 Å². The number of thiophene rings is 1. The molecule has 2 aromatic heterocycles. The van der Waals surface area contributed by atoms with Crippen molar-refractivity contribution in [3.05, 3.63) is 21.8 Å². The lowest BCUT2D eigenvalue weighted by Crippen LogP contribution is -1.97. The molecule has 15 heavy (non-hydrogen) atoms. The molecular weight excluding hydrogens is 236 g/mol. The van der Waals surface area contributed by atoms with E-state index in [1.165, 1.54) is 6.20 Å². The fourth-order valence-corrected chi connectivity index (χ4v) is 2.55. The largest absolute Gasteiger partial charge is 0.477 e. The van der Waals surface area contributed by atoms with Crippen molar-refractivity contribution in [3.8, 4) is 0 Å². The minimum atomic E-state index is -1.02. The number of carboxylic acids is 1. The van der Waals surface area contributed by atoms with Crippen molar-refractivity contribution in [2.75, 3.05) is 5.73 Å². The Bertz CT molecular complexity index is 565. The first kappa shape index (κ1) is 10.2. The minimum absolute atomic E-state index is 0.136. The number of hydrogen-bond donors (Lipinski definition) is 2. The Morgan fingerprint density at radius 2 is 2.33 bits per heavy atom. The first-order valence-corrected chi connectivity index (χ1v) is 5.28. The maximum absolute atomic E-state index is 10.9. The van der Waals surface area contributed by atoms with Crippen LogP contribution in [0.25, 0.3) is 10.1 Å². The fourth-order valence-electron chi connectivity index (χ4n) is 1.41. The number of carbonyl (C=O) groups is 1. The van der Waals surface area contributed by atoms with Gasteiger partial charge in [-0.25, -0.2) is 9.78 Å². The molecule has 0 amide bonds. The fraction of sp³-hybridized carbons (Fsp3) is 0.111. The lowest BCUT2D eigenvalue weighted by Gasteiger charge is -1.99. The molecule has 3 N–H and O–H groups in total. The van der Waals surface area contributed by atoms with Gasteiger partial charge in [0.25, 0.3) is 0 Å². The van der Waals surface area contributed by atoms with Gasteiger partial charge in [0.15, 0.2) is 0 Å². The van der Waals surface area contributed by atoms with E-state index in [0.29, 0.717) is 10.5 Å². The molecule has 0 atom stereocenters. The standard InChI is InChI=1S/C9H7ClN2O2S/c1-3-5-4(2-12-8(3)10)15-7(6(5)11)9(13)14/h2H,11H2,1H3,(H,13,14). The molecule has 2 rings (SSSR count). The van der Waals surface area contributed by atoms with Gasteiger partial charge in [-0.05, 0) is 12.5 Å². The Hall–Kier alpha value is -1.33. The molecule has 6 heteroatoms. The third-order valence-electron chi connectivity index (χ3n) is 2.15. The van der Waals surface area contributed by atoms with E-state index in [0.717, 1.165) is 21.6 Å². The number of fused-ring (bicyclic) bond motifs is 1. The second-order valence-electron chi connectivity index (χ2n) is 3.06. The maximum Gasteiger partial charge on any atom is 0.348 e. The van der Waals surface area contributed by atoms with Crippen LogP contribution >= 0.6 is 22.9 Å². The third-order valence-corrected chi connectivity index (χ3v) is 3.66.